The molecule has 1 unspecified atom stereocenters. The highest BCUT2D eigenvalue weighted by Gasteiger charge is 2.20. The Balaban J connectivity index is 1.99. The number of hydrogen-bond acceptors (Lipinski definition) is 3. The summed E-state index contributed by atoms with van der Waals surface area (Å²) in [6, 6.07) is 2.01. The zero-order valence-corrected chi connectivity index (χ0v) is 12.0. The molecule has 1 fully saturated rings. The van der Waals surface area contributed by atoms with Gasteiger partial charge >= 0.3 is 0 Å². The number of carbonyl (C=O) groups excluding carboxylic acids is 1. The van der Waals surface area contributed by atoms with Gasteiger partial charge in [0.2, 0.25) is 5.91 Å². The molecule has 102 valence electrons. The molecule has 1 amide bonds. The van der Waals surface area contributed by atoms with Crippen LogP contribution in [0.25, 0.3) is 0 Å². The lowest BCUT2D eigenvalue weighted by Gasteiger charge is -2.19. The van der Waals surface area contributed by atoms with Crippen LogP contribution in [0.3, 0.4) is 0 Å². The Bertz CT molecular complexity index is 498. The van der Waals surface area contributed by atoms with Crippen LogP contribution in [0.1, 0.15) is 36.6 Å². The lowest BCUT2D eigenvalue weighted by Crippen LogP contribution is -2.29. The van der Waals surface area contributed by atoms with Gasteiger partial charge in [0.15, 0.2) is 0 Å². The van der Waals surface area contributed by atoms with E-state index in [4.69, 9.17) is 5.11 Å². The molecule has 1 aliphatic heterocycles. The molecule has 19 heavy (non-hydrogen) atoms. The lowest BCUT2D eigenvalue weighted by molar-refractivity contribution is -0.131. The number of nitrogens with zero attached hydrogens (tertiary/aromatic N) is 1. The van der Waals surface area contributed by atoms with Crippen LogP contribution in [0.4, 0.5) is 0 Å². The lowest BCUT2D eigenvalue weighted by atomic mass is 10.0. The molecule has 0 spiro atoms. The normalized spacial score (nSPS) is 19.8. The Labute approximate surface area is 118 Å². The number of carbonyl (C=O) groups is 1. The Hall–Kier alpha value is -1.31. The van der Waals surface area contributed by atoms with Crippen molar-refractivity contribution in [3.05, 3.63) is 21.9 Å². The fourth-order valence-corrected chi connectivity index (χ4v) is 3.03. The summed E-state index contributed by atoms with van der Waals surface area (Å²) in [5, 5.41) is 10.6. The first-order valence-electron chi connectivity index (χ1n) is 6.64. The smallest absolute Gasteiger partial charge is 0.222 e. The molecule has 1 atom stereocenters. The third-order valence-corrected chi connectivity index (χ3v) is 4.33. The van der Waals surface area contributed by atoms with Gasteiger partial charge in [-0.05, 0) is 24.8 Å². The zero-order valence-electron chi connectivity index (χ0n) is 11.2. The van der Waals surface area contributed by atoms with Crippen LogP contribution in [0.5, 0.6) is 0 Å². The van der Waals surface area contributed by atoms with Gasteiger partial charge in [-0.25, -0.2) is 0 Å². The summed E-state index contributed by atoms with van der Waals surface area (Å²) in [5.41, 5.74) is 0.921. The van der Waals surface area contributed by atoms with Crippen molar-refractivity contribution in [2.24, 2.45) is 5.92 Å². The van der Waals surface area contributed by atoms with Crippen molar-refractivity contribution in [3.63, 3.8) is 0 Å². The van der Waals surface area contributed by atoms with E-state index in [1.54, 1.807) is 11.3 Å². The van der Waals surface area contributed by atoms with Crippen molar-refractivity contribution in [1.82, 2.24) is 4.90 Å². The van der Waals surface area contributed by atoms with Crippen LogP contribution in [-0.4, -0.2) is 29.1 Å². The molecule has 0 radical (unpaired) electrons. The summed E-state index contributed by atoms with van der Waals surface area (Å²) in [6.07, 6.45) is 2.77. The fraction of sp³-hybridized carbons (Fsp3) is 0.533. The largest absolute Gasteiger partial charge is 0.384 e. The van der Waals surface area contributed by atoms with E-state index in [2.05, 4.69) is 18.8 Å². The van der Waals surface area contributed by atoms with Crippen molar-refractivity contribution in [2.45, 2.75) is 32.7 Å². The highest BCUT2D eigenvalue weighted by atomic mass is 32.1. The molecule has 4 heteroatoms. The molecule has 0 bridgehead atoms. The monoisotopic (exact) mass is 277 g/mol. The minimum atomic E-state index is -0.117. The van der Waals surface area contributed by atoms with Crippen molar-refractivity contribution in [1.29, 1.82) is 0 Å². The number of rotatable bonds is 2. The molecular formula is C15H19NO2S. The Morgan fingerprint density at radius 2 is 2.37 bits per heavy atom. The Kier molecular flexibility index (Phi) is 5.00. The van der Waals surface area contributed by atoms with Crippen molar-refractivity contribution in [2.75, 3.05) is 13.2 Å². The summed E-state index contributed by atoms with van der Waals surface area (Å²) >= 11 is 1.63. The van der Waals surface area contributed by atoms with Gasteiger partial charge in [0, 0.05) is 28.8 Å². The van der Waals surface area contributed by atoms with Gasteiger partial charge in [-0.2, -0.15) is 0 Å². The molecule has 1 aromatic rings. The van der Waals surface area contributed by atoms with Crippen molar-refractivity contribution < 1.29 is 9.90 Å². The van der Waals surface area contributed by atoms with Crippen LogP contribution < -0.4 is 0 Å². The van der Waals surface area contributed by atoms with Crippen molar-refractivity contribution in [3.8, 4) is 11.8 Å². The molecule has 1 aliphatic rings. The highest BCUT2D eigenvalue weighted by molar-refractivity contribution is 7.10. The number of likely N-dealkylation sites (tertiary alicyclic amines) is 1. The summed E-state index contributed by atoms with van der Waals surface area (Å²) in [5.74, 6) is 6.43. The van der Waals surface area contributed by atoms with E-state index in [-0.39, 0.29) is 12.5 Å². The average molecular weight is 277 g/mol. The molecule has 1 aromatic heterocycles. The third-order valence-electron chi connectivity index (χ3n) is 3.41. The number of aliphatic hydroxyl groups is 1. The molecule has 0 aromatic carbocycles. The second kappa shape index (κ2) is 6.74. The van der Waals surface area contributed by atoms with Gasteiger partial charge in [-0.1, -0.05) is 18.8 Å². The van der Waals surface area contributed by atoms with E-state index in [9.17, 15) is 4.79 Å². The first kappa shape index (κ1) is 14.1. The van der Waals surface area contributed by atoms with E-state index in [1.807, 2.05) is 16.3 Å². The van der Waals surface area contributed by atoms with E-state index >= 15 is 0 Å². The Morgan fingerprint density at radius 1 is 1.53 bits per heavy atom. The van der Waals surface area contributed by atoms with Crippen molar-refractivity contribution >= 4 is 17.2 Å². The molecule has 3 nitrogen and oxygen atoms in total. The highest BCUT2D eigenvalue weighted by Crippen LogP contribution is 2.21. The second-order valence-corrected chi connectivity index (χ2v) is 6.01. The van der Waals surface area contributed by atoms with Gasteiger partial charge in [0.05, 0.1) is 6.54 Å². The SMILES string of the molecule is CC1CCC(=O)N(Cc2cc(C#CCO)cs2)CC1. The minimum absolute atomic E-state index is 0.117. The topological polar surface area (TPSA) is 40.5 Å². The zero-order chi connectivity index (χ0) is 13.7. The maximum Gasteiger partial charge on any atom is 0.222 e. The number of aliphatic hydroxyl groups excluding tert-OH is 1. The molecule has 2 heterocycles. The quantitative estimate of drug-likeness (QED) is 0.842. The number of thiophene rings is 1. The van der Waals surface area contributed by atoms with Crippen LogP contribution >= 0.6 is 11.3 Å². The molecule has 2 rings (SSSR count). The van der Waals surface area contributed by atoms with Gasteiger partial charge in [-0.15, -0.1) is 11.3 Å². The third kappa shape index (κ3) is 4.09. The predicted molar refractivity (Wildman–Crippen MR) is 76.7 cm³/mol. The number of amides is 1. The predicted octanol–water partition coefficient (Wildman–Crippen LogP) is 2.24. The van der Waals surface area contributed by atoms with E-state index in [0.29, 0.717) is 18.9 Å². The maximum atomic E-state index is 12.0. The summed E-state index contributed by atoms with van der Waals surface area (Å²) < 4.78 is 0. The van der Waals surface area contributed by atoms with Gasteiger partial charge in [0.25, 0.3) is 0 Å². The summed E-state index contributed by atoms with van der Waals surface area (Å²) in [6.45, 7) is 3.64. The maximum absolute atomic E-state index is 12.0. The first-order valence-corrected chi connectivity index (χ1v) is 7.52. The molecule has 0 saturated carbocycles. The van der Waals surface area contributed by atoms with Crippen LogP contribution in [-0.2, 0) is 11.3 Å². The van der Waals surface area contributed by atoms with E-state index in [1.165, 1.54) is 0 Å². The number of hydrogen-bond donors (Lipinski definition) is 1. The molecule has 0 aliphatic carbocycles. The van der Waals surface area contributed by atoms with Gasteiger partial charge < -0.3 is 10.0 Å². The van der Waals surface area contributed by atoms with E-state index < -0.39 is 0 Å². The fourth-order valence-electron chi connectivity index (χ4n) is 2.20. The van der Waals surface area contributed by atoms with Gasteiger partial charge in [-0.3, -0.25) is 4.79 Å². The molecular weight excluding hydrogens is 258 g/mol. The van der Waals surface area contributed by atoms with Gasteiger partial charge in [0.1, 0.15) is 6.61 Å². The standard InChI is InChI=1S/C15H19NO2S/c1-12-4-5-15(18)16(7-6-12)10-14-9-13(11-19-14)3-2-8-17/h9,11-12,17H,4-8,10H2,1H3. The summed E-state index contributed by atoms with van der Waals surface area (Å²) in [7, 11) is 0. The molecule has 1 N–H and O–H groups in total. The Morgan fingerprint density at radius 3 is 3.16 bits per heavy atom. The second-order valence-electron chi connectivity index (χ2n) is 5.01. The minimum Gasteiger partial charge on any atom is -0.384 e. The average Bonchev–Trinajstić information content (AvgIpc) is 2.79. The van der Waals surface area contributed by atoms with Crippen LogP contribution in [0.15, 0.2) is 11.4 Å². The molecule has 1 saturated heterocycles. The van der Waals surface area contributed by atoms with E-state index in [0.717, 1.165) is 29.8 Å². The summed E-state index contributed by atoms with van der Waals surface area (Å²) in [4.78, 5) is 15.1. The van der Waals surface area contributed by atoms with Crippen LogP contribution in [0, 0.1) is 17.8 Å². The first-order chi connectivity index (χ1) is 9.19. The van der Waals surface area contributed by atoms with Crippen LogP contribution in [0.2, 0.25) is 0 Å².